The minimum absolute atomic E-state index is 0.764. The van der Waals surface area contributed by atoms with E-state index in [0.717, 1.165) is 5.88 Å². The van der Waals surface area contributed by atoms with Crippen LogP contribution in [0.5, 0.6) is 0 Å². The maximum Gasteiger partial charge on any atom is 0.205 e. The number of allylic oxidation sites excluding steroid dienone is 2. The molecule has 1 aliphatic heterocycles. The highest BCUT2D eigenvalue weighted by molar-refractivity contribution is 5.09. The molecule has 0 fully saturated rings. The highest BCUT2D eigenvalue weighted by atomic mass is 16.5. The number of hydrogen-bond acceptors (Lipinski definition) is 3. The summed E-state index contributed by atoms with van der Waals surface area (Å²) in [5.74, 6) is 0.764. The van der Waals surface area contributed by atoms with Gasteiger partial charge in [-0.3, -0.25) is 10.4 Å². The number of nitrogens with zero attached hydrogens (tertiary/aromatic N) is 1. The Balaban J connectivity index is 2.55. The van der Waals surface area contributed by atoms with E-state index in [1.54, 1.807) is 7.11 Å². The van der Waals surface area contributed by atoms with Crippen LogP contribution < -0.4 is 5.43 Å². The molecule has 0 unspecified atom stereocenters. The molecule has 1 heterocycles. The second-order valence-corrected chi connectivity index (χ2v) is 1.80. The monoisotopic (exact) mass is 126 g/mol. The maximum atomic E-state index is 4.92. The van der Waals surface area contributed by atoms with Crippen LogP contribution >= 0.6 is 0 Å². The van der Waals surface area contributed by atoms with E-state index in [2.05, 4.69) is 5.43 Å². The SMILES string of the molecule is COC1=CC=CN(C)N1. The largest absolute Gasteiger partial charge is 0.481 e. The van der Waals surface area contributed by atoms with Gasteiger partial charge < -0.3 is 4.74 Å². The fraction of sp³-hybridized carbons (Fsp3) is 0.333. The van der Waals surface area contributed by atoms with Crippen LogP contribution in [0.25, 0.3) is 0 Å². The molecule has 9 heavy (non-hydrogen) atoms. The smallest absolute Gasteiger partial charge is 0.205 e. The average Bonchev–Trinajstić information content (AvgIpc) is 1.88. The summed E-state index contributed by atoms with van der Waals surface area (Å²) in [6.45, 7) is 0. The van der Waals surface area contributed by atoms with Crippen molar-refractivity contribution in [2.45, 2.75) is 0 Å². The molecule has 0 aromatic heterocycles. The molecule has 3 nitrogen and oxygen atoms in total. The van der Waals surface area contributed by atoms with E-state index in [0.29, 0.717) is 0 Å². The van der Waals surface area contributed by atoms with Crippen molar-refractivity contribution in [3.05, 3.63) is 24.2 Å². The molecule has 0 atom stereocenters. The molecule has 3 heteroatoms. The van der Waals surface area contributed by atoms with Crippen molar-refractivity contribution >= 4 is 0 Å². The molecule has 1 N–H and O–H groups in total. The van der Waals surface area contributed by atoms with Crippen molar-refractivity contribution in [1.29, 1.82) is 0 Å². The normalized spacial score (nSPS) is 16.7. The third-order valence-electron chi connectivity index (χ3n) is 1.06. The van der Waals surface area contributed by atoms with Gasteiger partial charge in [0.05, 0.1) is 7.11 Å². The molecule has 0 aromatic rings. The Hall–Kier alpha value is -1.12. The number of ether oxygens (including phenoxy) is 1. The van der Waals surface area contributed by atoms with Crippen LogP contribution in [0.1, 0.15) is 0 Å². The molecule has 0 aromatic carbocycles. The summed E-state index contributed by atoms with van der Waals surface area (Å²) < 4.78 is 4.92. The maximum absolute atomic E-state index is 4.92. The lowest BCUT2D eigenvalue weighted by Crippen LogP contribution is -2.31. The summed E-state index contributed by atoms with van der Waals surface area (Å²) in [6.07, 6.45) is 5.68. The van der Waals surface area contributed by atoms with Gasteiger partial charge in [0.15, 0.2) is 0 Å². The van der Waals surface area contributed by atoms with Gasteiger partial charge in [-0.25, -0.2) is 0 Å². The number of rotatable bonds is 1. The van der Waals surface area contributed by atoms with Gasteiger partial charge in [0.25, 0.3) is 0 Å². The molecule has 0 amide bonds. The van der Waals surface area contributed by atoms with Crippen molar-refractivity contribution < 1.29 is 4.74 Å². The van der Waals surface area contributed by atoms with Crippen LogP contribution in [0, 0.1) is 0 Å². The number of methoxy groups -OCH3 is 1. The Morgan fingerprint density at radius 3 is 2.89 bits per heavy atom. The van der Waals surface area contributed by atoms with E-state index < -0.39 is 0 Å². The summed E-state index contributed by atoms with van der Waals surface area (Å²) >= 11 is 0. The van der Waals surface area contributed by atoms with Crippen molar-refractivity contribution in [3.8, 4) is 0 Å². The predicted molar refractivity (Wildman–Crippen MR) is 35.1 cm³/mol. The zero-order valence-corrected chi connectivity index (χ0v) is 5.59. The molecular weight excluding hydrogens is 116 g/mol. The molecule has 0 saturated heterocycles. The Labute approximate surface area is 54.6 Å². The van der Waals surface area contributed by atoms with E-state index in [1.807, 2.05) is 30.4 Å². The fourth-order valence-corrected chi connectivity index (χ4v) is 0.622. The van der Waals surface area contributed by atoms with Gasteiger partial charge in [-0.1, -0.05) is 0 Å². The highest BCUT2D eigenvalue weighted by Crippen LogP contribution is 1.97. The lowest BCUT2D eigenvalue weighted by atomic mass is 10.5. The second-order valence-electron chi connectivity index (χ2n) is 1.80. The Morgan fingerprint density at radius 2 is 2.44 bits per heavy atom. The van der Waals surface area contributed by atoms with E-state index in [4.69, 9.17) is 4.74 Å². The Bertz CT molecular complexity index is 151. The molecule has 1 rings (SSSR count). The van der Waals surface area contributed by atoms with Gasteiger partial charge >= 0.3 is 0 Å². The van der Waals surface area contributed by atoms with Crippen molar-refractivity contribution in [1.82, 2.24) is 10.4 Å². The van der Waals surface area contributed by atoms with Crippen molar-refractivity contribution in [2.75, 3.05) is 14.2 Å². The predicted octanol–water partition coefficient (Wildman–Crippen LogP) is 0.438. The first-order valence-electron chi connectivity index (χ1n) is 2.75. The molecule has 0 radical (unpaired) electrons. The highest BCUT2D eigenvalue weighted by Gasteiger charge is 1.98. The molecule has 0 bridgehead atoms. The van der Waals surface area contributed by atoms with Crippen LogP contribution in [0.15, 0.2) is 24.2 Å². The summed E-state index contributed by atoms with van der Waals surface area (Å²) in [7, 11) is 3.54. The molecular formula is C6H10N2O. The van der Waals surface area contributed by atoms with E-state index in [9.17, 15) is 0 Å². The van der Waals surface area contributed by atoms with Crippen LogP contribution in [-0.4, -0.2) is 19.2 Å². The second kappa shape index (κ2) is 2.44. The number of nitrogens with one attached hydrogen (secondary N) is 1. The summed E-state index contributed by atoms with van der Waals surface area (Å²) in [5.41, 5.74) is 2.95. The van der Waals surface area contributed by atoms with E-state index in [-0.39, 0.29) is 0 Å². The topological polar surface area (TPSA) is 24.5 Å². The van der Waals surface area contributed by atoms with E-state index >= 15 is 0 Å². The Morgan fingerprint density at radius 1 is 1.67 bits per heavy atom. The molecule has 0 aliphatic carbocycles. The molecule has 0 saturated carbocycles. The van der Waals surface area contributed by atoms with Crippen molar-refractivity contribution in [3.63, 3.8) is 0 Å². The number of hydrazine groups is 1. The van der Waals surface area contributed by atoms with Crippen molar-refractivity contribution in [2.24, 2.45) is 0 Å². The molecule has 50 valence electrons. The lowest BCUT2D eigenvalue weighted by Gasteiger charge is -2.20. The van der Waals surface area contributed by atoms with Gasteiger partial charge in [0, 0.05) is 19.3 Å². The van der Waals surface area contributed by atoms with Crippen LogP contribution in [0.2, 0.25) is 0 Å². The Kier molecular flexibility index (Phi) is 1.63. The zero-order valence-electron chi connectivity index (χ0n) is 5.59. The number of hydrogen-bond donors (Lipinski definition) is 1. The average molecular weight is 126 g/mol. The lowest BCUT2D eigenvalue weighted by molar-refractivity contribution is 0.197. The quantitative estimate of drug-likeness (QED) is 0.551. The summed E-state index contributed by atoms with van der Waals surface area (Å²) in [4.78, 5) is 0. The molecule has 0 spiro atoms. The summed E-state index contributed by atoms with van der Waals surface area (Å²) in [6, 6.07) is 0. The van der Waals surface area contributed by atoms with Gasteiger partial charge in [-0.05, 0) is 6.08 Å². The first-order valence-corrected chi connectivity index (χ1v) is 2.75. The fourth-order valence-electron chi connectivity index (χ4n) is 0.622. The van der Waals surface area contributed by atoms with Gasteiger partial charge in [-0.15, -0.1) is 0 Å². The zero-order chi connectivity index (χ0) is 6.69. The van der Waals surface area contributed by atoms with Gasteiger partial charge in [0.2, 0.25) is 5.88 Å². The third-order valence-corrected chi connectivity index (χ3v) is 1.06. The minimum atomic E-state index is 0.764. The van der Waals surface area contributed by atoms with Gasteiger partial charge in [-0.2, -0.15) is 0 Å². The first-order chi connectivity index (χ1) is 4.33. The third kappa shape index (κ3) is 1.38. The van der Waals surface area contributed by atoms with Crippen LogP contribution in [0.3, 0.4) is 0 Å². The molecule has 1 aliphatic rings. The minimum Gasteiger partial charge on any atom is -0.481 e. The van der Waals surface area contributed by atoms with Gasteiger partial charge in [0.1, 0.15) is 0 Å². The van der Waals surface area contributed by atoms with Crippen LogP contribution in [-0.2, 0) is 4.74 Å². The standard InChI is InChI=1S/C6H10N2O/c1-8-5-3-4-6(7-8)9-2/h3-5,7H,1-2H3. The first kappa shape index (κ1) is 6.01. The summed E-state index contributed by atoms with van der Waals surface area (Å²) in [5, 5.41) is 1.82. The van der Waals surface area contributed by atoms with E-state index in [1.165, 1.54) is 0 Å². The van der Waals surface area contributed by atoms with Crippen LogP contribution in [0.4, 0.5) is 0 Å².